The van der Waals surface area contributed by atoms with Gasteiger partial charge in [0.2, 0.25) is 0 Å². The van der Waals surface area contributed by atoms with Gasteiger partial charge < -0.3 is 4.74 Å². The van der Waals surface area contributed by atoms with E-state index in [2.05, 4.69) is 6.92 Å². The second-order valence-corrected chi connectivity index (χ2v) is 3.82. The van der Waals surface area contributed by atoms with Crippen LogP contribution in [0.15, 0.2) is 18.2 Å². The minimum atomic E-state index is -0.173. The maximum atomic E-state index is 12.9. The molecule has 2 heteroatoms. The minimum Gasteiger partial charge on any atom is -0.494 e. The molecular weight excluding hydrogens is 191 g/mol. The van der Waals surface area contributed by atoms with Gasteiger partial charge in [-0.05, 0) is 37.1 Å². The summed E-state index contributed by atoms with van der Waals surface area (Å²) in [5.74, 6) is 0.596. The molecule has 0 aliphatic rings. The van der Waals surface area contributed by atoms with Gasteiger partial charge in [-0.2, -0.15) is 0 Å². The number of hydrogen-bond donors (Lipinski definition) is 0. The Bertz CT molecular complexity index is 297. The van der Waals surface area contributed by atoms with E-state index in [1.807, 2.05) is 0 Å². The van der Waals surface area contributed by atoms with E-state index in [0.717, 1.165) is 18.8 Å². The summed E-state index contributed by atoms with van der Waals surface area (Å²) in [5, 5.41) is 0. The molecule has 0 atom stereocenters. The van der Waals surface area contributed by atoms with Crippen molar-refractivity contribution in [2.75, 3.05) is 6.61 Å². The third kappa shape index (κ3) is 4.32. The molecule has 84 valence electrons. The standard InChI is InChI=1S/C13H19FO/c1-3-4-5-6-9-15-12-7-8-13(14)11(2)10-12/h7-8,10H,3-6,9H2,1-2H3. The average Bonchev–Trinajstić information content (AvgIpc) is 2.23. The van der Waals surface area contributed by atoms with Gasteiger partial charge in [0.15, 0.2) is 0 Å². The zero-order valence-electron chi connectivity index (χ0n) is 9.55. The molecule has 0 aromatic heterocycles. The van der Waals surface area contributed by atoms with Crippen LogP contribution in [0.1, 0.15) is 38.2 Å². The highest BCUT2D eigenvalue weighted by Gasteiger charge is 1.99. The predicted molar refractivity (Wildman–Crippen MR) is 60.8 cm³/mol. The molecule has 0 radical (unpaired) electrons. The van der Waals surface area contributed by atoms with Crippen LogP contribution in [0, 0.1) is 12.7 Å². The van der Waals surface area contributed by atoms with Crippen molar-refractivity contribution >= 4 is 0 Å². The Labute approximate surface area is 91.3 Å². The zero-order chi connectivity index (χ0) is 11.1. The minimum absolute atomic E-state index is 0.173. The van der Waals surface area contributed by atoms with Gasteiger partial charge in [-0.15, -0.1) is 0 Å². The van der Waals surface area contributed by atoms with Crippen LogP contribution in [0.25, 0.3) is 0 Å². The Morgan fingerprint density at radius 2 is 2.00 bits per heavy atom. The van der Waals surface area contributed by atoms with E-state index in [1.165, 1.54) is 25.3 Å². The number of unbranched alkanes of at least 4 members (excludes halogenated alkanes) is 3. The van der Waals surface area contributed by atoms with Crippen molar-refractivity contribution < 1.29 is 9.13 Å². The number of ether oxygens (including phenoxy) is 1. The summed E-state index contributed by atoms with van der Waals surface area (Å²) in [4.78, 5) is 0. The highest BCUT2D eigenvalue weighted by Crippen LogP contribution is 2.16. The predicted octanol–water partition coefficient (Wildman–Crippen LogP) is 4.09. The van der Waals surface area contributed by atoms with E-state index in [1.54, 1.807) is 19.1 Å². The first-order valence-corrected chi connectivity index (χ1v) is 5.63. The SMILES string of the molecule is CCCCCCOc1ccc(F)c(C)c1. The van der Waals surface area contributed by atoms with Gasteiger partial charge in [0.25, 0.3) is 0 Å². The largest absolute Gasteiger partial charge is 0.494 e. The molecule has 0 bridgehead atoms. The molecule has 0 unspecified atom stereocenters. The number of hydrogen-bond acceptors (Lipinski definition) is 1. The quantitative estimate of drug-likeness (QED) is 0.642. The third-order valence-corrected chi connectivity index (χ3v) is 2.40. The molecule has 0 aliphatic heterocycles. The van der Waals surface area contributed by atoms with Crippen LogP contribution in [0.5, 0.6) is 5.75 Å². The van der Waals surface area contributed by atoms with Crippen LogP contribution in [-0.2, 0) is 0 Å². The van der Waals surface area contributed by atoms with Crippen LogP contribution < -0.4 is 4.74 Å². The molecule has 1 rings (SSSR count). The molecule has 0 N–H and O–H groups in total. The molecule has 1 aromatic carbocycles. The van der Waals surface area contributed by atoms with Crippen molar-refractivity contribution in [3.63, 3.8) is 0 Å². The first-order valence-electron chi connectivity index (χ1n) is 5.63. The molecular formula is C13H19FO. The van der Waals surface area contributed by atoms with Gasteiger partial charge in [0, 0.05) is 0 Å². The summed E-state index contributed by atoms with van der Waals surface area (Å²) >= 11 is 0. The number of aryl methyl sites for hydroxylation is 1. The molecule has 0 amide bonds. The van der Waals surface area contributed by atoms with E-state index in [4.69, 9.17) is 4.74 Å². The number of benzene rings is 1. The van der Waals surface area contributed by atoms with Crippen molar-refractivity contribution in [1.82, 2.24) is 0 Å². The third-order valence-electron chi connectivity index (χ3n) is 2.40. The van der Waals surface area contributed by atoms with E-state index in [0.29, 0.717) is 5.56 Å². The summed E-state index contributed by atoms with van der Waals surface area (Å²) in [7, 11) is 0. The van der Waals surface area contributed by atoms with Crippen molar-refractivity contribution in [3.8, 4) is 5.75 Å². The Balaban J connectivity index is 2.28. The van der Waals surface area contributed by atoms with E-state index >= 15 is 0 Å². The van der Waals surface area contributed by atoms with E-state index in [9.17, 15) is 4.39 Å². The molecule has 0 saturated carbocycles. The molecule has 0 fully saturated rings. The maximum Gasteiger partial charge on any atom is 0.126 e. The fourth-order valence-electron chi connectivity index (χ4n) is 1.43. The fraction of sp³-hybridized carbons (Fsp3) is 0.538. The van der Waals surface area contributed by atoms with Gasteiger partial charge in [0.05, 0.1) is 6.61 Å². The first-order chi connectivity index (χ1) is 7.24. The topological polar surface area (TPSA) is 9.23 Å². The monoisotopic (exact) mass is 210 g/mol. The first kappa shape index (κ1) is 12.0. The van der Waals surface area contributed by atoms with Crippen molar-refractivity contribution in [2.24, 2.45) is 0 Å². The zero-order valence-corrected chi connectivity index (χ0v) is 9.55. The molecule has 0 saturated heterocycles. The van der Waals surface area contributed by atoms with Crippen molar-refractivity contribution in [1.29, 1.82) is 0 Å². The van der Waals surface area contributed by atoms with Gasteiger partial charge in [0.1, 0.15) is 11.6 Å². The molecule has 1 nitrogen and oxygen atoms in total. The Kier molecular flexibility index (Phi) is 5.16. The average molecular weight is 210 g/mol. The molecule has 1 aromatic rings. The van der Waals surface area contributed by atoms with E-state index < -0.39 is 0 Å². The molecule has 0 heterocycles. The van der Waals surface area contributed by atoms with Gasteiger partial charge in [-0.1, -0.05) is 26.2 Å². The van der Waals surface area contributed by atoms with Crippen LogP contribution in [0.2, 0.25) is 0 Å². The van der Waals surface area contributed by atoms with Gasteiger partial charge in [-0.3, -0.25) is 0 Å². The molecule has 0 spiro atoms. The van der Waals surface area contributed by atoms with Crippen LogP contribution in [0.3, 0.4) is 0 Å². The second kappa shape index (κ2) is 6.44. The lowest BCUT2D eigenvalue weighted by molar-refractivity contribution is 0.304. The summed E-state index contributed by atoms with van der Waals surface area (Å²) in [6, 6.07) is 4.88. The lowest BCUT2D eigenvalue weighted by Crippen LogP contribution is -1.97. The normalized spacial score (nSPS) is 10.3. The highest BCUT2D eigenvalue weighted by molar-refractivity contribution is 5.28. The summed E-state index contributed by atoms with van der Waals surface area (Å²) in [5.41, 5.74) is 0.640. The summed E-state index contributed by atoms with van der Waals surface area (Å²) in [6.45, 7) is 4.66. The Morgan fingerprint density at radius 1 is 1.20 bits per heavy atom. The van der Waals surface area contributed by atoms with Crippen molar-refractivity contribution in [2.45, 2.75) is 39.5 Å². The van der Waals surface area contributed by atoms with E-state index in [-0.39, 0.29) is 5.82 Å². The van der Waals surface area contributed by atoms with Crippen LogP contribution >= 0.6 is 0 Å². The fourth-order valence-corrected chi connectivity index (χ4v) is 1.43. The number of rotatable bonds is 6. The number of halogens is 1. The molecule has 15 heavy (non-hydrogen) atoms. The lowest BCUT2D eigenvalue weighted by Gasteiger charge is -2.06. The highest BCUT2D eigenvalue weighted by atomic mass is 19.1. The van der Waals surface area contributed by atoms with Gasteiger partial charge >= 0.3 is 0 Å². The van der Waals surface area contributed by atoms with Crippen molar-refractivity contribution in [3.05, 3.63) is 29.6 Å². The van der Waals surface area contributed by atoms with Gasteiger partial charge in [-0.25, -0.2) is 4.39 Å². The summed E-state index contributed by atoms with van der Waals surface area (Å²) < 4.78 is 18.5. The molecule has 0 aliphatic carbocycles. The summed E-state index contributed by atoms with van der Waals surface area (Å²) in [6.07, 6.45) is 4.77. The second-order valence-electron chi connectivity index (χ2n) is 3.82. The maximum absolute atomic E-state index is 12.9. The van der Waals surface area contributed by atoms with Crippen LogP contribution in [-0.4, -0.2) is 6.61 Å². The lowest BCUT2D eigenvalue weighted by atomic mass is 10.2. The van der Waals surface area contributed by atoms with Crippen LogP contribution in [0.4, 0.5) is 4.39 Å². The Morgan fingerprint density at radius 3 is 2.67 bits per heavy atom. The smallest absolute Gasteiger partial charge is 0.126 e. The Hall–Kier alpha value is -1.05.